The Bertz CT molecular complexity index is 255. The van der Waals surface area contributed by atoms with E-state index in [9.17, 15) is 0 Å². The number of aromatic amines is 1. The third-order valence-corrected chi connectivity index (χ3v) is 4.01. The van der Waals surface area contributed by atoms with Crippen molar-refractivity contribution in [1.29, 1.82) is 0 Å². The summed E-state index contributed by atoms with van der Waals surface area (Å²) in [4.78, 5) is 7.33. The van der Waals surface area contributed by atoms with Gasteiger partial charge in [0, 0.05) is 18.8 Å². The molecule has 1 aromatic rings. The fourth-order valence-electron chi connectivity index (χ4n) is 1.87. The number of nitrogens with zero attached hydrogens (tertiary/aromatic N) is 1. The molecule has 0 spiro atoms. The first-order valence-electron chi connectivity index (χ1n) is 5.72. The van der Waals surface area contributed by atoms with E-state index in [1.807, 2.05) is 12.4 Å². The Morgan fingerprint density at radius 2 is 2.60 bits per heavy atom. The van der Waals surface area contributed by atoms with Crippen molar-refractivity contribution in [2.45, 2.75) is 19.3 Å². The number of rotatable bonds is 6. The van der Waals surface area contributed by atoms with Crippen LogP contribution in [0.2, 0.25) is 0 Å². The zero-order valence-corrected chi connectivity index (χ0v) is 9.85. The van der Waals surface area contributed by atoms with Crippen molar-refractivity contribution in [3.8, 4) is 0 Å². The van der Waals surface area contributed by atoms with Crippen LogP contribution in [0.3, 0.4) is 0 Å². The van der Waals surface area contributed by atoms with Crippen molar-refractivity contribution < 1.29 is 0 Å². The highest BCUT2D eigenvalue weighted by atomic mass is 32.2. The van der Waals surface area contributed by atoms with Gasteiger partial charge in [0.1, 0.15) is 5.82 Å². The molecule has 1 aliphatic rings. The lowest BCUT2D eigenvalue weighted by Crippen LogP contribution is -2.24. The number of H-pyrrole nitrogens is 1. The molecule has 2 rings (SSSR count). The summed E-state index contributed by atoms with van der Waals surface area (Å²) in [5.74, 6) is 4.73. The van der Waals surface area contributed by atoms with E-state index in [0.717, 1.165) is 24.7 Å². The molecule has 0 aliphatic carbocycles. The average Bonchev–Trinajstić information content (AvgIpc) is 2.88. The second-order valence-corrected chi connectivity index (χ2v) is 5.22. The zero-order valence-electron chi connectivity index (χ0n) is 9.04. The third kappa shape index (κ3) is 3.87. The monoisotopic (exact) mass is 225 g/mol. The Morgan fingerprint density at radius 3 is 3.33 bits per heavy atom. The fourth-order valence-corrected chi connectivity index (χ4v) is 3.15. The highest BCUT2D eigenvalue weighted by Gasteiger charge is 2.14. The van der Waals surface area contributed by atoms with Crippen molar-refractivity contribution in [3.05, 3.63) is 18.2 Å². The molecule has 3 nitrogen and oxygen atoms in total. The van der Waals surface area contributed by atoms with Gasteiger partial charge in [0.25, 0.3) is 0 Å². The Morgan fingerprint density at radius 1 is 1.60 bits per heavy atom. The summed E-state index contributed by atoms with van der Waals surface area (Å²) in [5.41, 5.74) is 0. The zero-order chi connectivity index (χ0) is 10.3. The number of hydrogen-bond donors (Lipinski definition) is 2. The highest BCUT2D eigenvalue weighted by Crippen LogP contribution is 2.22. The summed E-state index contributed by atoms with van der Waals surface area (Å²) < 4.78 is 0. The molecule has 2 N–H and O–H groups in total. The maximum atomic E-state index is 4.20. The van der Waals surface area contributed by atoms with Gasteiger partial charge in [0.15, 0.2) is 0 Å². The van der Waals surface area contributed by atoms with Gasteiger partial charge in [-0.15, -0.1) is 0 Å². The van der Waals surface area contributed by atoms with Crippen LogP contribution in [0.1, 0.15) is 18.7 Å². The van der Waals surface area contributed by atoms with E-state index in [-0.39, 0.29) is 0 Å². The largest absolute Gasteiger partial charge is 0.349 e. The standard InChI is InChI=1S/C11H19N3S/c1(2-11-13-5-6-14-11)4-12-8-10-3-7-15-9-10/h5-6,10,12H,1-4,7-9H2,(H,13,14). The quantitative estimate of drug-likeness (QED) is 0.724. The van der Waals surface area contributed by atoms with Gasteiger partial charge in [-0.3, -0.25) is 0 Å². The van der Waals surface area contributed by atoms with Gasteiger partial charge < -0.3 is 10.3 Å². The summed E-state index contributed by atoms with van der Waals surface area (Å²) in [6.45, 7) is 2.31. The van der Waals surface area contributed by atoms with Crippen LogP contribution < -0.4 is 5.32 Å². The van der Waals surface area contributed by atoms with Crippen molar-refractivity contribution in [2.24, 2.45) is 5.92 Å². The Labute approximate surface area is 95.4 Å². The average molecular weight is 225 g/mol. The van der Waals surface area contributed by atoms with E-state index in [1.54, 1.807) is 0 Å². The Hall–Kier alpha value is -0.480. The van der Waals surface area contributed by atoms with Gasteiger partial charge >= 0.3 is 0 Å². The van der Waals surface area contributed by atoms with Crippen LogP contribution in [0.15, 0.2) is 12.4 Å². The van der Waals surface area contributed by atoms with Crippen molar-refractivity contribution in [1.82, 2.24) is 15.3 Å². The highest BCUT2D eigenvalue weighted by molar-refractivity contribution is 7.99. The maximum Gasteiger partial charge on any atom is 0.106 e. The molecule has 84 valence electrons. The molecule has 15 heavy (non-hydrogen) atoms. The van der Waals surface area contributed by atoms with Crippen LogP contribution in [0.4, 0.5) is 0 Å². The summed E-state index contributed by atoms with van der Waals surface area (Å²) in [7, 11) is 0. The molecule has 0 saturated carbocycles. The molecule has 0 radical (unpaired) electrons. The minimum Gasteiger partial charge on any atom is -0.349 e. The first-order valence-corrected chi connectivity index (χ1v) is 6.87. The Kier molecular flexibility index (Phi) is 4.54. The second kappa shape index (κ2) is 6.18. The molecule has 4 heteroatoms. The minimum absolute atomic E-state index is 0.915. The van der Waals surface area contributed by atoms with E-state index >= 15 is 0 Å². The lowest BCUT2D eigenvalue weighted by Gasteiger charge is -2.09. The molecular formula is C11H19N3S. The van der Waals surface area contributed by atoms with Crippen LogP contribution in [-0.4, -0.2) is 34.6 Å². The smallest absolute Gasteiger partial charge is 0.106 e. The molecule has 1 atom stereocenters. The molecule has 0 amide bonds. The molecule has 0 bridgehead atoms. The fraction of sp³-hybridized carbons (Fsp3) is 0.727. The van der Waals surface area contributed by atoms with Gasteiger partial charge in [0.2, 0.25) is 0 Å². The number of thioether (sulfide) groups is 1. The van der Waals surface area contributed by atoms with E-state index < -0.39 is 0 Å². The molecule has 1 aromatic heterocycles. The predicted octanol–water partition coefficient (Wildman–Crippen LogP) is 1.68. The summed E-state index contributed by atoms with van der Waals surface area (Å²) >= 11 is 2.09. The molecule has 2 heterocycles. The van der Waals surface area contributed by atoms with E-state index in [1.165, 1.54) is 30.9 Å². The van der Waals surface area contributed by atoms with Crippen LogP contribution >= 0.6 is 11.8 Å². The predicted molar refractivity (Wildman–Crippen MR) is 65.2 cm³/mol. The number of nitrogens with one attached hydrogen (secondary N) is 2. The molecular weight excluding hydrogens is 206 g/mol. The number of aromatic nitrogens is 2. The SMILES string of the molecule is c1c[nH]c(CCCNCC2CCSC2)n1. The van der Waals surface area contributed by atoms with Gasteiger partial charge in [-0.25, -0.2) is 4.98 Å². The summed E-state index contributed by atoms with van der Waals surface area (Å²) in [6, 6.07) is 0. The van der Waals surface area contributed by atoms with E-state index in [0.29, 0.717) is 0 Å². The minimum atomic E-state index is 0.915. The normalized spacial score (nSPS) is 20.9. The first kappa shape index (κ1) is 11.0. The summed E-state index contributed by atoms with van der Waals surface area (Å²) in [6.07, 6.45) is 7.33. The maximum absolute atomic E-state index is 4.20. The van der Waals surface area contributed by atoms with Crippen molar-refractivity contribution in [2.75, 3.05) is 24.6 Å². The van der Waals surface area contributed by atoms with Gasteiger partial charge in [0.05, 0.1) is 0 Å². The van der Waals surface area contributed by atoms with Crippen LogP contribution in [0, 0.1) is 5.92 Å². The van der Waals surface area contributed by atoms with Crippen LogP contribution in [0.25, 0.3) is 0 Å². The number of aryl methyl sites for hydroxylation is 1. The van der Waals surface area contributed by atoms with Gasteiger partial charge in [-0.05, 0) is 43.4 Å². The topological polar surface area (TPSA) is 40.7 Å². The first-order chi connectivity index (χ1) is 7.45. The summed E-state index contributed by atoms with van der Waals surface area (Å²) in [5, 5.41) is 3.53. The Balaban J connectivity index is 1.48. The van der Waals surface area contributed by atoms with Crippen LogP contribution in [0.5, 0.6) is 0 Å². The van der Waals surface area contributed by atoms with Gasteiger partial charge in [-0.1, -0.05) is 0 Å². The molecule has 0 aromatic carbocycles. The molecule has 1 saturated heterocycles. The lowest BCUT2D eigenvalue weighted by atomic mass is 10.1. The van der Waals surface area contributed by atoms with Gasteiger partial charge in [-0.2, -0.15) is 11.8 Å². The molecule has 1 fully saturated rings. The van der Waals surface area contributed by atoms with Crippen molar-refractivity contribution in [3.63, 3.8) is 0 Å². The second-order valence-electron chi connectivity index (χ2n) is 4.07. The van der Waals surface area contributed by atoms with Crippen LogP contribution in [-0.2, 0) is 6.42 Å². The third-order valence-electron chi connectivity index (χ3n) is 2.78. The number of hydrogen-bond acceptors (Lipinski definition) is 3. The van der Waals surface area contributed by atoms with E-state index in [2.05, 4.69) is 27.0 Å². The lowest BCUT2D eigenvalue weighted by molar-refractivity contribution is 0.516. The van der Waals surface area contributed by atoms with E-state index in [4.69, 9.17) is 0 Å². The molecule has 1 aliphatic heterocycles. The molecule has 1 unspecified atom stereocenters. The number of imidazole rings is 1. The van der Waals surface area contributed by atoms with Crippen molar-refractivity contribution >= 4 is 11.8 Å².